The van der Waals surface area contributed by atoms with Crippen LogP contribution >= 0.6 is 23.2 Å². The summed E-state index contributed by atoms with van der Waals surface area (Å²) >= 11 is 12.1. The van der Waals surface area contributed by atoms with E-state index < -0.39 is 0 Å². The van der Waals surface area contributed by atoms with Gasteiger partial charge in [0.1, 0.15) is 0 Å². The first kappa shape index (κ1) is 13.4. The molecule has 0 aliphatic heterocycles. The van der Waals surface area contributed by atoms with Crippen molar-refractivity contribution in [3.8, 4) is 0 Å². The maximum absolute atomic E-state index is 6.12. The van der Waals surface area contributed by atoms with Crippen LogP contribution in [0.5, 0.6) is 0 Å². The topological polar surface area (TPSA) is 12.0 Å². The summed E-state index contributed by atoms with van der Waals surface area (Å²) in [5.74, 6) is 0. The largest absolute Gasteiger partial charge is 0.309 e. The van der Waals surface area contributed by atoms with Gasteiger partial charge in [0, 0.05) is 13.1 Å². The normalized spacial score (nSPS) is 10.6. The van der Waals surface area contributed by atoms with Crippen LogP contribution < -0.4 is 5.32 Å². The van der Waals surface area contributed by atoms with Gasteiger partial charge in [0.2, 0.25) is 0 Å². The summed E-state index contributed by atoms with van der Waals surface area (Å²) in [6.07, 6.45) is 0. The zero-order chi connectivity index (χ0) is 13.0. The maximum atomic E-state index is 6.12. The Morgan fingerprint density at radius 2 is 1.67 bits per heavy atom. The van der Waals surface area contributed by atoms with Crippen LogP contribution in [0.2, 0.25) is 10.0 Å². The van der Waals surface area contributed by atoms with Crippen molar-refractivity contribution in [2.24, 2.45) is 0 Å². The van der Waals surface area contributed by atoms with Crippen molar-refractivity contribution >= 4 is 23.2 Å². The van der Waals surface area contributed by atoms with Crippen LogP contribution in [-0.2, 0) is 13.1 Å². The summed E-state index contributed by atoms with van der Waals surface area (Å²) in [6.45, 7) is 3.62. The molecule has 0 bridgehead atoms. The van der Waals surface area contributed by atoms with Gasteiger partial charge in [-0.3, -0.25) is 0 Å². The van der Waals surface area contributed by atoms with Gasteiger partial charge in [0.25, 0.3) is 0 Å². The molecule has 0 heterocycles. The van der Waals surface area contributed by atoms with Crippen LogP contribution in [-0.4, -0.2) is 0 Å². The van der Waals surface area contributed by atoms with Gasteiger partial charge in [-0.15, -0.1) is 0 Å². The molecular weight excluding hydrogens is 265 g/mol. The Labute approximate surface area is 118 Å². The molecule has 0 amide bonds. The lowest BCUT2D eigenvalue weighted by molar-refractivity contribution is 0.693. The number of halogens is 2. The predicted octanol–water partition coefficient (Wildman–Crippen LogP) is 4.59. The van der Waals surface area contributed by atoms with E-state index >= 15 is 0 Å². The lowest BCUT2D eigenvalue weighted by atomic mass is 10.1. The molecule has 0 radical (unpaired) electrons. The van der Waals surface area contributed by atoms with Gasteiger partial charge in [-0.05, 0) is 24.1 Å². The van der Waals surface area contributed by atoms with Crippen LogP contribution in [0.25, 0.3) is 0 Å². The molecule has 2 aromatic carbocycles. The monoisotopic (exact) mass is 279 g/mol. The van der Waals surface area contributed by atoms with Crippen LogP contribution in [0, 0.1) is 6.92 Å². The van der Waals surface area contributed by atoms with Gasteiger partial charge in [0.15, 0.2) is 0 Å². The molecule has 94 valence electrons. The second-order valence-electron chi connectivity index (χ2n) is 4.30. The number of benzene rings is 2. The average molecular weight is 280 g/mol. The Kier molecular flexibility index (Phi) is 4.65. The molecule has 0 spiro atoms. The maximum Gasteiger partial charge on any atom is 0.0637 e. The molecule has 2 aromatic rings. The van der Waals surface area contributed by atoms with E-state index in [4.69, 9.17) is 23.2 Å². The van der Waals surface area contributed by atoms with E-state index in [1.165, 1.54) is 11.1 Å². The third kappa shape index (κ3) is 3.49. The summed E-state index contributed by atoms with van der Waals surface area (Å²) in [6, 6.07) is 14.2. The summed E-state index contributed by atoms with van der Waals surface area (Å²) in [4.78, 5) is 0. The molecule has 0 unspecified atom stereocenters. The van der Waals surface area contributed by atoms with Gasteiger partial charge in [-0.2, -0.15) is 0 Å². The first-order chi connectivity index (χ1) is 8.66. The van der Waals surface area contributed by atoms with E-state index in [0.29, 0.717) is 16.6 Å². The van der Waals surface area contributed by atoms with Crippen molar-refractivity contribution in [1.82, 2.24) is 5.32 Å². The van der Waals surface area contributed by atoms with Crippen molar-refractivity contribution in [2.75, 3.05) is 0 Å². The fraction of sp³-hybridized carbons (Fsp3) is 0.200. The summed E-state index contributed by atoms with van der Waals surface area (Å²) in [5.41, 5.74) is 3.56. The minimum Gasteiger partial charge on any atom is -0.309 e. The molecule has 0 aliphatic rings. The second-order valence-corrected chi connectivity index (χ2v) is 5.09. The Balaban J connectivity index is 1.92. The fourth-order valence-corrected chi connectivity index (χ4v) is 2.12. The number of hydrogen-bond acceptors (Lipinski definition) is 1. The van der Waals surface area contributed by atoms with Gasteiger partial charge in [-0.1, -0.05) is 65.2 Å². The van der Waals surface area contributed by atoms with Crippen molar-refractivity contribution in [3.05, 3.63) is 69.2 Å². The number of aryl methyl sites for hydroxylation is 1. The van der Waals surface area contributed by atoms with E-state index in [0.717, 1.165) is 12.1 Å². The molecule has 0 saturated carbocycles. The zero-order valence-corrected chi connectivity index (χ0v) is 11.7. The quantitative estimate of drug-likeness (QED) is 0.863. The molecule has 0 aliphatic carbocycles. The highest BCUT2D eigenvalue weighted by molar-refractivity contribution is 6.42. The third-order valence-corrected chi connectivity index (χ3v) is 3.65. The number of hydrogen-bond donors (Lipinski definition) is 1. The molecule has 1 nitrogen and oxygen atoms in total. The number of nitrogens with one attached hydrogen (secondary N) is 1. The van der Waals surface area contributed by atoms with Crippen LogP contribution in [0.15, 0.2) is 42.5 Å². The Bertz CT molecular complexity index is 521. The average Bonchev–Trinajstić information content (AvgIpc) is 2.37. The molecule has 18 heavy (non-hydrogen) atoms. The van der Waals surface area contributed by atoms with E-state index in [9.17, 15) is 0 Å². The molecule has 3 heteroatoms. The van der Waals surface area contributed by atoms with E-state index in [1.54, 1.807) is 6.07 Å². The highest BCUT2D eigenvalue weighted by atomic mass is 35.5. The standard InChI is InChI=1S/C15H15Cl2N/c1-11-5-7-12(8-6-11)9-18-10-13-3-2-4-14(16)15(13)17/h2-8,18H,9-10H2,1H3. The van der Waals surface area contributed by atoms with E-state index in [2.05, 4.69) is 36.5 Å². The molecule has 0 aromatic heterocycles. The second kappa shape index (κ2) is 6.24. The van der Waals surface area contributed by atoms with Crippen molar-refractivity contribution < 1.29 is 0 Å². The smallest absolute Gasteiger partial charge is 0.0637 e. The summed E-state index contributed by atoms with van der Waals surface area (Å²) < 4.78 is 0. The fourth-order valence-electron chi connectivity index (χ4n) is 1.73. The van der Waals surface area contributed by atoms with Crippen molar-refractivity contribution in [3.63, 3.8) is 0 Å². The van der Waals surface area contributed by atoms with Gasteiger partial charge < -0.3 is 5.32 Å². The highest BCUT2D eigenvalue weighted by Crippen LogP contribution is 2.25. The first-order valence-electron chi connectivity index (χ1n) is 5.86. The molecule has 2 rings (SSSR count). The highest BCUT2D eigenvalue weighted by Gasteiger charge is 2.03. The predicted molar refractivity (Wildman–Crippen MR) is 78.2 cm³/mol. The third-order valence-electron chi connectivity index (χ3n) is 2.80. The molecule has 1 N–H and O–H groups in total. The lowest BCUT2D eigenvalue weighted by Gasteiger charge is -2.08. The number of rotatable bonds is 4. The summed E-state index contributed by atoms with van der Waals surface area (Å²) in [7, 11) is 0. The Morgan fingerprint density at radius 3 is 2.39 bits per heavy atom. The molecule has 0 fully saturated rings. The Morgan fingerprint density at radius 1 is 0.944 bits per heavy atom. The van der Waals surface area contributed by atoms with Crippen LogP contribution in [0.1, 0.15) is 16.7 Å². The summed E-state index contributed by atoms with van der Waals surface area (Å²) in [5, 5.41) is 4.60. The molecule has 0 saturated heterocycles. The van der Waals surface area contributed by atoms with E-state index in [-0.39, 0.29) is 0 Å². The zero-order valence-electron chi connectivity index (χ0n) is 10.2. The van der Waals surface area contributed by atoms with Gasteiger partial charge in [-0.25, -0.2) is 0 Å². The minimum absolute atomic E-state index is 0.603. The van der Waals surface area contributed by atoms with Gasteiger partial charge in [0.05, 0.1) is 10.0 Å². The molecule has 0 atom stereocenters. The van der Waals surface area contributed by atoms with E-state index in [1.807, 2.05) is 12.1 Å². The van der Waals surface area contributed by atoms with Crippen molar-refractivity contribution in [1.29, 1.82) is 0 Å². The first-order valence-corrected chi connectivity index (χ1v) is 6.61. The van der Waals surface area contributed by atoms with Gasteiger partial charge >= 0.3 is 0 Å². The molecular formula is C15H15Cl2N. The van der Waals surface area contributed by atoms with Crippen LogP contribution in [0.3, 0.4) is 0 Å². The SMILES string of the molecule is Cc1ccc(CNCc2cccc(Cl)c2Cl)cc1. The Hall–Kier alpha value is -1.02. The lowest BCUT2D eigenvalue weighted by Crippen LogP contribution is -2.12. The minimum atomic E-state index is 0.603. The van der Waals surface area contributed by atoms with Crippen molar-refractivity contribution in [2.45, 2.75) is 20.0 Å². The van der Waals surface area contributed by atoms with Crippen LogP contribution in [0.4, 0.5) is 0 Å².